The van der Waals surface area contributed by atoms with Crippen molar-refractivity contribution in [3.05, 3.63) is 138 Å². The van der Waals surface area contributed by atoms with E-state index >= 15 is 0 Å². The van der Waals surface area contributed by atoms with Crippen molar-refractivity contribution in [3.8, 4) is 16.9 Å². The van der Waals surface area contributed by atoms with Gasteiger partial charge >= 0.3 is 6.18 Å². The number of carbonyl (C=O) groups is 1. The summed E-state index contributed by atoms with van der Waals surface area (Å²) >= 11 is 2.57. The zero-order valence-electron chi connectivity index (χ0n) is 22.2. The first-order valence-corrected chi connectivity index (χ1v) is 14.4. The van der Waals surface area contributed by atoms with Crippen molar-refractivity contribution >= 4 is 29.3 Å². The molecule has 0 amide bonds. The quantitative estimate of drug-likeness (QED) is 0.169. The summed E-state index contributed by atoms with van der Waals surface area (Å²) in [4.78, 5) is 16.0. The van der Waals surface area contributed by atoms with E-state index in [2.05, 4.69) is 0 Å². The van der Waals surface area contributed by atoms with Gasteiger partial charge in [0, 0.05) is 30.7 Å². The molecule has 5 rings (SSSR count). The molecule has 0 aliphatic carbocycles. The SMILES string of the molecule is COc1ccc(Sc2ccccc2C(F)(F)F)c(-c2ccc(Sc3cccc(C)c3C(=O)c3ccccc3)cc2)c1. The lowest BCUT2D eigenvalue weighted by Gasteiger charge is -2.16. The van der Waals surface area contributed by atoms with Gasteiger partial charge in [0.05, 0.1) is 12.7 Å². The molecule has 0 aromatic heterocycles. The molecule has 2 nitrogen and oxygen atoms in total. The second kappa shape index (κ2) is 12.3. The Kier molecular flexibility index (Phi) is 8.57. The van der Waals surface area contributed by atoms with Crippen LogP contribution in [-0.2, 0) is 6.18 Å². The number of ketones is 1. The Morgan fingerprint density at radius 3 is 2.10 bits per heavy atom. The molecule has 0 saturated heterocycles. The molecule has 0 aliphatic rings. The van der Waals surface area contributed by atoms with Crippen molar-refractivity contribution < 1.29 is 22.7 Å². The van der Waals surface area contributed by atoms with E-state index in [1.807, 2.05) is 85.8 Å². The van der Waals surface area contributed by atoms with Crippen molar-refractivity contribution in [1.82, 2.24) is 0 Å². The molecule has 7 heteroatoms. The summed E-state index contributed by atoms with van der Waals surface area (Å²) in [6, 6.07) is 33.7. The van der Waals surface area contributed by atoms with E-state index in [0.717, 1.165) is 44.3 Å². The van der Waals surface area contributed by atoms with Gasteiger partial charge in [-0.3, -0.25) is 4.79 Å². The molecule has 0 fully saturated rings. The van der Waals surface area contributed by atoms with Crippen LogP contribution in [0.15, 0.2) is 135 Å². The molecule has 0 unspecified atom stereocenters. The molecule has 0 saturated carbocycles. The minimum absolute atomic E-state index is 0.0278. The summed E-state index contributed by atoms with van der Waals surface area (Å²) in [5.41, 5.74) is 3.13. The number of halogens is 3. The van der Waals surface area contributed by atoms with Crippen LogP contribution in [0.4, 0.5) is 13.2 Å². The van der Waals surface area contributed by atoms with Crippen molar-refractivity contribution in [2.45, 2.75) is 32.7 Å². The van der Waals surface area contributed by atoms with Crippen LogP contribution in [-0.4, -0.2) is 12.9 Å². The van der Waals surface area contributed by atoms with Crippen LogP contribution in [0.5, 0.6) is 5.75 Å². The number of rotatable bonds is 8. The zero-order chi connectivity index (χ0) is 29.0. The Hall–Kier alpha value is -3.94. The van der Waals surface area contributed by atoms with E-state index in [1.165, 1.54) is 23.9 Å². The van der Waals surface area contributed by atoms with Crippen LogP contribution in [0.25, 0.3) is 11.1 Å². The van der Waals surface area contributed by atoms with Gasteiger partial charge in [0.25, 0.3) is 0 Å². The van der Waals surface area contributed by atoms with Gasteiger partial charge in [0.1, 0.15) is 5.75 Å². The molecule has 0 spiro atoms. The van der Waals surface area contributed by atoms with Gasteiger partial charge in [-0.25, -0.2) is 0 Å². The predicted molar refractivity (Wildman–Crippen MR) is 159 cm³/mol. The standard InChI is InChI=1S/C34H25F3O2S2/c1-22-9-8-14-31(32(22)33(38)24-10-4-3-5-11-24)40-26-18-15-23(16-19-26)27-21-25(39-2)17-20-29(27)41-30-13-7-6-12-28(30)34(35,36)37/h3-21H,1-2H3. The Morgan fingerprint density at radius 2 is 1.39 bits per heavy atom. The summed E-state index contributed by atoms with van der Waals surface area (Å²) in [7, 11) is 1.56. The molecule has 0 radical (unpaired) electrons. The van der Waals surface area contributed by atoms with E-state index in [-0.39, 0.29) is 10.7 Å². The van der Waals surface area contributed by atoms with E-state index in [4.69, 9.17) is 4.74 Å². The van der Waals surface area contributed by atoms with Gasteiger partial charge in [-0.2, -0.15) is 13.2 Å². The average molecular weight is 587 g/mol. The highest BCUT2D eigenvalue weighted by Gasteiger charge is 2.33. The zero-order valence-corrected chi connectivity index (χ0v) is 23.9. The summed E-state index contributed by atoms with van der Waals surface area (Å²) in [5.74, 6) is 0.579. The highest BCUT2D eigenvalue weighted by molar-refractivity contribution is 7.99. The molecule has 0 aliphatic heterocycles. The van der Waals surface area contributed by atoms with Gasteiger partial charge in [-0.15, -0.1) is 0 Å². The van der Waals surface area contributed by atoms with E-state index in [0.29, 0.717) is 21.8 Å². The summed E-state index contributed by atoms with van der Waals surface area (Å²) in [5, 5.41) is 0. The molecule has 0 heterocycles. The molecular formula is C34H25F3O2S2. The maximum absolute atomic E-state index is 13.7. The van der Waals surface area contributed by atoms with Crippen LogP contribution in [0.3, 0.4) is 0 Å². The first-order chi connectivity index (χ1) is 19.7. The lowest BCUT2D eigenvalue weighted by atomic mass is 9.99. The van der Waals surface area contributed by atoms with E-state index in [1.54, 1.807) is 25.3 Å². The first kappa shape index (κ1) is 28.6. The Labute approximate surface area is 245 Å². The minimum Gasteiger partial charge on any atom is -0.497 e. The van der Waals surface area contributed by atoms with E-state index < -0.39 is 11.7 Å². The van der Waals surface area contributed by atoms with Gasteiger partial charge in [0.2, 0.25) is 0 Å². The monoisotopic (exact) mass is 586 g/mol. The van der Waals surface area contributed by atoms with E-state index in [9.17, 15) is 18.0 Å². The molecule has 206 valence electrons. The van der Waals surface area contributed by atoms with Gasteiger partial charge in [-0.05, 0) is 72.1 Å². The highest BCUT2D eigenvalue weighted by atomic mass is 32.2. The maximum Gasteiger partial charge on any atom is 0.417 e. The minimum atomic E-state index is -4.45. The number of hydrogen-bond donors (Lipinski definition) is 0. The van der Waals surface area contributed by atoms with Gasteiger partial charge in [-0.1, -0.05) is 90.3 Å². The Morgan fingerprint density at radius 1 is 0.707 bits per heavy atom. The molecule has 5 aromatic rings. The Bertz CT molecular complexity index is 1680. The summed E-state index contributed by atoms with van der Waals surface area (Å²) < 4.78 is 46.4. The highest BCUT2D eigenvalue weighted by Crippen LogP contribution is 2.44. The fourth-order valence-corrected chi connectivity index (χ4v) is 6.57. The molecular weight excluding hydrogens is 562 g/mol. The topological polar surface area (TPSA) is 26.3 Å². The van der Waals surface area contributed by atoms with Crippen LogP contribution in [0.2, 0.25) is 0 Å². The van der Waals surface area contributed by atoms with Crippen LogP contribution in [0, 0.1) is 6.92 Å². The van der Waals surface area contributed by atoms with Crippen molar-refractivity contribution in [2.75, 3.05) is 7.11 Å². The third-order valence-electron chi connectivity index (χ3n) is 6.49. The molecule has 0 atom stereocenters. The van der Waals surface area contributed by atoms with Crippen molar-refractivity contribution in [3.63, 3.8) is 0 Å². The fourth-order valence-electron chi connectivity index (χ4n) is 4.44. The fraction of sp³-hybridized carbons (Fsp3) is 0.0882. The first-order valence-electron chi connectivity index (χ1n) is 12.7. The summed E-state index contributed by atoms with van der Waals surface area (Å²) in [6.45, 7) is 1.93. The largest absolute Gasteiger partial charge is 0.497 e. The van der Waals surface area contributed by atoms with Crippen LogP contribution >= 0.6 is 23.5 Å². The van der Waals surface area contributed by atoms with Gasteiger partial charge in [0.15, 0.2) is 5.78 Å². The normalized spacial score (nSPS) is 11.3. The average Bonchev–Trinajstić information content (AvgIpc) is 2.98. The molecule has 41 heavy (non-hydrogen) atoms. The number of alkyl halides is 3. The van der Waals surface area contributed by atoms with Crippen molar-refractivity contribution in [1.29, 1.82) is 0 Å². The number of aryl methyl sites for hydroxylation is 1. The van der Waals surface area contributed by atoms with Crippen LogP contribution in [0.1, 0.15) is 27.0 Å². The number of methoxy groups -OCH3 is 1. The van der Waals surface area contributed by atoms with Gasteiger partial charge < -0.3 is 4.74 Å². The second-order valence-electron chi connectivity index (χ2n) is 9.23. The molecule has 0 bridgehead atoms. The Balaban J connectivity index is 1.46. The molecule has 5 aromatic carbocycles. The number of carbonyl (C=O) groups excluding carboxylic acids is 1. The smallest absolute Gasteiger partial charge is 0.417 e. The lowest BCUT2D eigenvalue weighted by molar-refractivity contribution is -0.139. The molecule has 0 N–H and O–H groups in total. The number of hydrogen-bond acceptors (Lipinski definition) is 4. The maximum atomic E-state index is 13.7. The predicted octanol–water partition coefficient (Wildman–Crippen LogP) is 10.2. The third-order valence-corrected chi connectivity index (χ3v) is 8.71. The van der Waals surface area contributed by atoms with Crippen molar-refractivity contribution in [2.24, 2.45) is 0 Å². The number of ether oxygens (including phenoxy) is 1. The third kappa shape index (κ3) is 6.53. The summed E-state index contributed by atoms with van der Waals surface area (Å²) in [6.07, 6.45) is -4.45. The lowest BCUT2D eigenvalue weighted by Crippen LogP contribution is -2.06. The number of benzene rings is 5. The second-order valence-corrected chi connectivity index (χ2v) is 11.4. The van der Waals surface area contributed by atoms with Crippen LogP contribution < -0.4 is 4.74 Å².